The average molecular weight is 263 g/mol. The lowest BCUT2D eigenvalue weighted by atomic mass is 10.1. The van der Waals surface area contributed by atoms with Crippen molar-refractivity contribution in [3.63, 3.8) is 0 Å². The number of nitrogens with zero attached hydrogens (tertiary/aromatic N) is 1. The van der Waals surface area contributed by atoms with Gasteiger partial charge in [-0.15, -0.1) is 0 Å². The van der Waals surface area contributed by atoms with Gasteiger partial charge in [-0.2, -0.15) is 0 Å². The Morgan fingerprint density at radius 2 is 2.05 bits per heavy atom. The number of hydrogen-bond donors (Lipinski definition) is 1. The smallest absolute Gasteiger partial charge is 0.253 e. The van der Waals surface area contributed by atoms with E-state index >= 15 is 0 Å². The Balaban J connectivity index is 1.91. The number of carbonyl (C=O) groups is 1. The Kier molecular flexibility index (Phi) is 4.93. The van der Waals surface area contributed by atoms with E-state index in [4.69, 9.17) is 9.84 Å². The lowest BCUT2D eigenvalue weighted by Gasteiger charge is -2.17. The molecule has 0 aromatic heterocycles. The van der Waals surface area contributed by atoms with Gasteiger partial charge in [0.2, 0.25) is 0 Å². The molecule has 1 heterocycles. The molecule has 19 heavy (non-hydrogen) atoms. The van der Waals surface area contributed by atoms with Crippen molar-refractivity contribution in [1.82, 2.24) is 4.90 Å². The molecule has 0 bridgehead atoms. The molecule has 0 aliphatic carbocycles. The zero-order valence-electron chi connectivity index (χ0n) is 11.4. The molecule has 1 amide bonds. The largest absolute Gasteiger partial charge is 0.396 e. The van der Waals surface area contributed by atoms with Crippen LogP contribution in [0.25, 0.3) is 0 Å². The molecule has 1 N–H and O–H groups in total. The first-order chi connectivity index (χ1) is 9.22. The highest BCUT2D eigenvalue weighted by Gasteiger charge is 2.16. The molecule has 0 atom stereocenters. The first-order valence-corrected chi connectivity index (χ1v) is 6.78. The normalized spacial score (nSPS) is 13.4. The van der Waals surface area contributed by atoms with Crippen LogP contribution in [-0.2, 0) is 18.0 Å². The molecule has 1 aliphatic rings. The Bertz CT molecular complexity index is 445. The van der Waals surface area contributed by atoms with Crippen molar-refractivity contribution in [3.05, 3.63) is 34.9 Å². The minimum absolute atomic E-state index is 0.0544. The fourth-order valence-electron chi connectivity index (χ4n) is 2.26. The molecular weight excluding hydrogens is 242 g/mol. The van der Waals surface area contributed by atoms with E-state index in [1.165, 1.54) is 5.56 Å². The summed E-state index contributed by atoms with van der Waals surface area (Å²) in [6.07, 6.45) is 2.68. The minimum Gasteiger partial charge on any atom is -0.396 e. The van der Waals surface area contributed by atoms with Gasteiger partial charge in [-0.25, -0.2) is 0 Å². The van der Waals surface area contributed by atoms with Gasteiger partial charge in [-0.3, -0.25) is 4.79 Å². The third kappa shape index (κ3) is 3.55. The first-order valence-electron chi connectivity index (χ1n) is 6.78. The van der Waals surface area contributed by atoms with Gasteiger partial charge in [-0.05, 0) is 42.5 Å². The van der Waals surface area contributed by atoms with Gasteiger partial charge in [0.15, 0.2) is 0 Å². The Morgan fingerprint density at radius 1 is 1.26 bits per heavy atom. The van der Waals surface area contributed by atoms with E-state index in [-0.39, 0.29) is 12.5 Å². The van der Waals surface area contributed by atoms with Crippen molar-refractivity contribution >= 4 is 5.91 Å². The van der Waals surface area contributed by atoms with E-state index < -0.39 is 0 Å². The predicted octanol–water partition coefficient (Wildman–Crippen LogP) is 1.95. The van der Waals surface area contributed by atoms with Crippen LogP contribution >= 0.6 is 0 Å². The van der Waals surface area contributed by atoms with Gasteiger partial charge < -0.3 is 14.7 Å². The number of aliphatic hydroxyl groups is 1. The minimum atomic E-state index is 0.0544. The second-order valence-corrected chi connectivity index (χ2v) is 4.99. The highest BCUT2D eigenvalue weighted by molar-refractivity contribution is 5.94. The van der Waals surface area contributed by atoms with Gasteiger partial charge in [0.25, 0.3) is 5.91 Å². The summed E-state index contributed by atoms with van der Waals surface area (Å²) < 4.78 is 5.35. The molecule has 1 aromatic rings. The van der Waals surface area contributed by atoms with Gasteiger partial charge in [0.05, 0.1) is 13.2 Å². The second-order valence-electron chi connectivity index (χ2n) is 4.99. The molecule has 0 spiro atoms. The maximum absolute atomic E-state index is 12.2. The number of hydrogen-bond acceptors (Lipinski definition) is 3. The monoisotopic (exact) mass is 263 g/mol. The van der Waals surface area contributed by atoms with Crippen LogP contribution in [0.1, 0.15) is 40.7 Å². The van der Waals surface area contributed by atoms with Crippen LogP contribution in [0.3, 0.4) is 0 Å². The van der Waals surface area contributed by atoms with Crippen LogP contribution in [0.5, 0.6) is 0 Å². The third-order valence-electron chi connectivity index (χ3n) is 3.47. The van der Waals surface area contributed by atoms with Crippen molar-refractivity contribution in [2.75, 3.05) is 20.2 Å². The molecule has 4 nitrogen and oxygen atoms in total. The summed E-state index contributed by atoms with van der Waals surface area (Å²) in [5, 5.41) is 8.72. The van der Waals surface area contributed by atoms with E-state index in [1.54, 1.807) is 4.90 Å². The van der Waals surface area contributed by atoms with Crippen LogP contribution in [0.4, 0.5) is 0 Å². The summed E-state index contributed by atoms with van der Waals surface area (Å²) in [5.41, 5.74) is 3.04. The van der Waals surface area contributed by atoms with Crippen LogP contribution in [0.2, 0.25) is 0 Å². The fraction of sp³-hybridized carbons (Fsp3) is 0.533. The van der Waals surface area contributed by atoms with Gasteiger partial charge in [-0.1, -0.05) is 6.07 Å². The number of ether oxygens (including phenoxy) is 1. The van der Waals surface area contributed by atoms with Gasteiger partial charge in [0, 0.05) is 25.8 Å². The first kappa shape index (κ1) is 14.0. The van der Waals surface area contributed by atoms with E-state index in [1.807, 2.05) is 25.2 Å². The van der Waals surface area contributed by atoms with Crippen LogP contribution in [-0.4, -0.2) is 36.1 Å². The zero-order chi connectivity index (χ0) is 13.7. The van der Waals surface area contributed by atoms with E-state index in [0.717, 1.165) is 36.9 Å². The summed E-state index contributed by atoms with van der Waals surface area (Å²) >= 11 is 0. The lowest BCUT2D eigenvalue weighted by molar-refractivity contribution is 0.0792. The van der Waals surface area contributed by atoms with E-state index in [0.29, 0.717) is 13.2 Å². The standard InChI is InChI=1S/C15H21NO3/c1-16(7-3-2-4-8-17)15(18)12-5-6-13-10-19-11-14(13)9-12/h5-6,9,17H,2-4,7-8,10-11H2,1H3. The molecule has 0 saturated heterocycles. The zero-order valence-corrected chi connectivity index (χ0v) is 11.4. The molecule has 1 aliphatic heterocycles. The number of aliphatic hydroxyl groups excluding tert-OH is 1. The molecule has 0 fully saturated rings. The summed E-state index contributed by atoms with van der Waals surface area (Å²) in [5.74, 6) is 0.0544. The molecule has 2 rings (SSSR count). The number of rotatable bonds is 6. The molecule has 0 saturated carbocycles. The molecule has 0 unspecified atom stereocenters. The Labute approximate surface area is 114 Å². The summed E-state index contributed by atoms with van der Waals surface area (Å²) in [6, 6.07) is 5.80. The van der Waals surface area contributed by atoms with Gasteiger partial charge >= 0.3 is 0 Å². The predicted molar refractivity (Wildman–Crippen MR) is 72.8 cm³/mol. The Morgan fingerprint density at radius 3 is 2.84 bits per heavy atom. The number of carbonyl (C=O) groups excluding carboxylic acids is 1. The summed E-state index contributed by atoms with van der Waals surface area (Å²) in [6.45, 7) is 2.21. The average Bonchev–Trinajstić information content (AvgIpc) is 2.89. The van der Waals surface area contributed by atoms with Crippen molar-refractivity contribution in [1.29, 1.82) is 0 Å². The molecule has 104 valence electrons. The summed E-state index contributed by atoms with van der Waals surface area (Å²) in [4.78, 5) is 14.0. The Hall–Kier alpha value is -1.39. The molecule has 4 heteroatoms. The number of benzene rings is 1. The van der Waals surface area contributed by atoms with Crippen molar-refractivity contribution < 1.29 is 14.6 Å². The molecule has 1 aromatic carbocycles. The number of unbranched alkanes of at least 4 members (excludes halogenated alkanes) is 2. The van der Waals surface area contributed by atoms with Crippen LogP contribution < -0.4 is 0 Å². The lowest BCUT2D eigenvalue weighted by Crippen LogP contribution is -2.27. The highest BCUT2D eigenvalue weighted by atomic mass is 16.5. The maximum Gasteiger partial charge on any atom is 0.253 e. The maximum atomic E-state index is 12.2. The van der Waals surface area contributed by atoms with E-state index in [9.17, 15) is 4.79 Å². The summed E-state index contributed by atoms with van der Waals surface area (Å²) in [7, 11) is 1.82. The SMILES string of the molecule is CN(CCCCCO)C(=O)c1ccc2c(c1)COC2. The number of fused-ring (bicyclic) bond motifs is 1. The van der Waals surface area contributed by atoms with Crippen molar-refractivity contribution in [3.8, 4) is 0 Å². The van der Waals surface area contributed by atoms with Crippen molar-refractivity contribution in [2.24, 2.45) is 0 Å². The highest BCUT2D eigenvalue weighted by Crippen LogP contribution is 2.21. The van der Waals surface area contributed by atoms with Crippen molar-refractivity contribution in [2.45, 2.75) is 32.5 Å². The van der Waals surface area contributed by atoms with Crippen LogP contribution in [0.15, 0.2) is 18.2 Å². The number of amides is 1. The van der Waals surface area contributed by atoms with E-state index in [2.05, 4.69) is 0 Å². The topological polar surface area (TPSA) is 49.8 Å². The quantitative estimate of drug-likeness (QED) is 0.798. The van der Waals surface area contributed by atoms with Crippen LogP contribution in [0, 0.1) is 0 Å². The fourth-order valence-corrected chi connectivity index (χ4v) is 2.26. The molecular formula is C15H21NO3. The molecule has 0 radical (unpaired) electrons. The third-order valence-corrected chi connectivity index (χ3v) is 3.47. The van der Waals surface area contributed by atoms with Gasteiger partial charge in [0.1, 0.15) is 0 Å². The second kappa shape index (κ2) is 6.68.